The van der Waals surface area contributed by atoms with E-state index in [0.717, 1.165) is 12.1 Å². The summed E-state index contributed by atoms with van der Waals surface area (Å²) in [7, 11) is -3.11. The zero-order valence-corrected chi connectivity index (χ0v) is 12.2. The van der Waals surface area contributed by atoms with Gasteiger partial charge < -0.3 is 0 Å². The Morgan fingerprint density at radius 2 is 1.63 bits per heavy atom. The number of piperidine rings is 1. The number of nitrogens with one attached hydrogen (secondary N) is 1. The van der Waals surface area contributed by atoms with E-state index in [1.165, 1.54) is 44.2 Å². The molecule has 0 spiro atoms. The van der Waals surface area contributed by atoms with Gasteiger partial charge in [0.2, 0.25) is 10.0 Å². The Bertz CT molecular complexity index is 491. The van der Waals surface area contributed by atoms with Gasteiger partial charge in [0.05, 0.1) is 6.26 Å². The summed E-state index contributed by atoms with van der Waals surface area (Å²) in [5.74, 6) is 0. The Morgan fingerprint density at radius 1 is 1.05 bits per heavy atom. The summed E-state index contributed by atoms with van der Waals surface area (Å²) < 4.78 is 24.5. The standard InChI is InChI=1S/C14H22N2O2S/c1-19(17,18)15-11-13-5-7-14(8-6-13)12-16-9-3-2-4-10-16/h5-8,15H,2-4,9-12H2,1H3. The van der Waals surface area contributed by atoms with Crippen molar-refractivity contribution in [2.45, 2.75) is 32.4 Å². The number of rotatable bonds is 5. The molecule has 1 aromatic carbocycles. The molecule has 1 aromatic rings. The Hall–Kier alpha value is -0.910. The van der Waals surface area contributed by atoms with Gasteiger partial charge in [-0.1, -0.05) is 30.7 Å². The van der Waals surface area contributed by atoms with Crippen LogP contribution in [0.3, 0.4) is 0 Å². The largest absolute Gasteiger partial charge is 0.299 e. The molecular weight excluding hydrogens is 260 g/mol. The quantitative estimate of drug-likeness (QED) is 0.894. The average Bonchev–Trinajstić information content (AvgIpc) is 2.38. The lowest BCUT2D eigenvalue weighted by Gasteiger charge is -2.26. The van der Waals surface area contributed by atoms with Gasteiger partial charge in [0, 0.05) is 13.1 Å². The highest BCUT2D eigenvalue weighted by molar-refractivity contribution is 7.88. The Morgan fingerprint density at radius 3 is 2.21 bits per heavy atom. The molecule has 106 valence electrons. The molecule has 2 rings (SSSR count). The summed E-state index contributed by atoms with van der Waals surface area (Å²) in [4.78, 5) is 2.48. The molecule has 1 heterocycles. The van der Waals surface area contributed by atoms with Crippen molar-refractivity contribution in [1.82, 2.24) is 9.62 Å². The second-order valence-corrected chi connectivity index (χ2v) is 7.08. The first-order valence-electron chi connectivity index (χ1n) is 6.78. The maximum absolute atomic E-state index is 11.0. The molecule has 0 aromatic heterocycles. The van der Waals surface area contributed by atoms with E-state index in [0.29, 0.717) is 6.54 Å². The van der Waals surface area contributed by atoms with Crippen molar-refractivity contribution in [3.05, 3.63) is 35.4 Å². The number of likely N-dealkylation sites (tertiary alicyclic amines) is 1. The maximum Gasteiger partial charge on any atom is 0.209 e. The van der Waals surface area contributed by atoms with Crippen LogP contribution in [0.15, 0.2) is 24.3 Å². The van der Waals surface area contributed by atoms with Crippen molar-refractivity contribution >= 4 is 10.0 Å². The topological polar surface area (TPSA) is 49.4 Å². The third-order valence-corrected chi connectivity index (χ3v) is 4.09. The number of hydrogen-bond donors (Lipinski definition) is 1. The van der Waals surface area contributed by atoms with E-state index >= 15 is 0 Å². The number of sulfonamides is 1. The summed E-state index contributed by atoms with van der Waals surface area (Å²) in [5, 5.41) is 0. The van der Waals surface area contributed by atoms with Crippen LogP contribution in [-0.2, 0) is 23.1 Å². The third-order valence-electron chi connectivity index (χ3n) is 3.42. The highest BCUT2D eigenvalue weighted by Crippen LogP contribution is 2.13. The minimum atomic E-state index is -3.11. The molecule has 0 bridgehead atoms. The van der Waals surface area contributed by atoms with Gasteiger partial charge in [-0.3, -0.25) is 4.90 Å². The molecule has 1 aliphatic heterocycles. The first kappa shape index (κ1) is 14.5. The minimum Gasteiger partial charge on any atom is -0.299 e. The molecule has 0 amide bonds. The molecule has 19 heavy (non-hydrogen) atoms. The van der Waals surface area contributed by atoms with Crippen molar-refractivity contribution in [3.8, 4) is 0 Å². The van der Waals surface area contributed by atoms with Crippen molar-refractivity contribution in [2.75, 3.05) is 19.3 Å². The first-order valence-corrected chi connectivity index (χ1v) is 8.67. The normalized spacial score (nSPS) is 17.5. The Kier molecular flexibility index (Phi) is 4.96. The Balaban J connectivity index is 1.87. The van der Waals surface area contributed by atoms with E-state index in [9.17, 15) is 8.42 Å². The molecular formula is C14H22N2O2S. The van der Waals surface area contributed by atoms with E-state index < -0.39 is 10.0 Å². The summed E-state index contributed by atoms with van der Waals surface area (Å²) in [6.45, 7) is 3.75. The lowest BCUT2D eigenvalue weighted by molar-refractivity contribution is 0.221. The average molecular weight is 282 g/mol. The maximum atomic E-state index is 11.0. The smallest absolute Gasteiger partial charge is 0.209 e. The van der Waals surface area contributed by atoms with Gasteiger partial charge in [0.15, 0.2) is 0 Å². The fourth-order valence-corrected chi connectivity index (χ4v) is 2.78. The van der Waals surface area contributed by atoms with E-state index in [1.807, 2.05) is 12.1 Å². The van der Waals surface area contributed by atoms with E-state index in [4.69, 9.17) is 0 Å². The van der Waals surface area contributed by atoms with Gasteiger partial charge in [-0.2, -0.15) is 0 Å². The molecule has 0 unspecified atom stereocenters. The molecule has 0 aliphatic carbocycles. The van der Waals surface area contributed by atoms with Crippen LogP contribution in [0.2, 0.25) is 0 Å². The lowest BCUT2D eigenvalue weighted by atomic mass is 10.1. The van der Waals surface area contributed by atoms with Crippen molar-refractivity contribution in [2.24, 2.45) is 0 Å². The van der Waals surface area contributed by atoms with Crippen LogP contribution in [-0.4, -0.2) is 32.7 Å². The number of hydrogen-bond acceptors (Lipinski definition) is 3. The molecule has 1 saturated heterocycles. The van der Waals surface area contributed by atoms with Gasteiger partial charge in [-0.05, 0) is 37.1 Å². The highest BCUT2D eigenvalue weighted by atomic mass is 32.2. The zero-order chi connectivity index (χ0) is 13.7. The fourth-order valence-electron chi connectivity index (χ4n) is 2.35. The molecule has 0 saturated carbocycles. The minimum absolute atomic E-state index is 0.364. The molecule has 5 heteroatoms. The molecule has 1 N–H and O–H groups in total. The SMILES string of the molecule is CS(=O)(=O)NCc1ccc(CN2CCCCC2)cc1. The van der Waals surface area contributed by atoms with E-state index in [1.54, 1.807) is 0 Å². The third kappa shape index (κ3) is 5.30. The van der Waals surface area contributed by atoms with Gasteiger partial charge in [-0.25, -0.2) is 13.1 Å². The van der Waals surface area contributed by atoms with Crippen molar-refractivity contribution < 1.29 is 8.42 Å². The first-order chi connectivity index (χ1) is 9.03. The van der Waals surface area contributed by atoms with Crippen LogP contribution in [0, 0.1) is 0 Å². The molecule has 0 atom stereocenters. The second kappa shape index (κ2) is 6.50. The van der Waals surface area contributed by atoms with Gasteiger partial charge >= 0.3 is 0 Å². The van der Waals surface area contributed by atoms with Gasteiger partial charge in [0.1, 0.15) is 0 Å². The Labute approximate surface area is 115 Å². The number of nitrogens with zero attached hydrogens (tertiary/aromatic N) is 1. The van der Waals surface area contributed by atoms with Crippen molar-refractivity contribution in [3.63, 3.8) is 0 Å². The van der Waals surface area contributed by atoms with Crippen LogP contribution in [0.4, 0.5) is 0 Å². The summed E-state index contributed by atoms with van der Waals surface area (Å²) in [6.07, 6.45) is 5.14. The predicted molar refractivity (Wildman–Crippen MR) is 77.3 cm³/mol. The lowest BCUT2D eigenvalue weighted by Crippen LogP contribution is -2.29. The van der Waals surface area contributed by atoms with Gasteiger partial charge in [0.25, 0.3) is 0 Å². The summed E-state index contributed by atoms with van der Waals surface area (Å²) in [6, 6.07) is 8.18. The van der Waals surface area contributed by atoms with Gasteiger partial charge in [-0.15, -0.1) is 0 Å². The van der Waals surface area contributed by atoms with Crippen LogP contribution in [0.5, 0.6) is 0 Å². The van der Waals surface area contributed by atoms with Crippen LogP contribution >= 0.6 is 0 Å². The predicted octanol–water partition coefficient (Wildman–Crippen LogP) is 1.72. The monoisotopic (exact) mass is 282 g/mol. The highest BCUT2D eigenvalue weighted by Gasteiger charge is 2.10. The van der Waals surface area contributed by atoms with Crippen LogP contribution < -0.4 is 4.72 Å². The molecule has 4 nitrogen and oxygen atoms in total. The fraction of sp³-hybridized carbons (Fsp3) is 0.571. The van der Waals surface area contributed by atoms with Crippen LogP contribution in [0.1, 0.15) is 30.4 Å². The zero-order valence-electron chi connectivity index (χ0n) is 11.4. The van der Waals surface area contributed by atoms with E-state index in [-0.39, 0.29) is 0 Å². The van der Waals surface area contributed by atoms with Crippen LogP contribution in [0.25, 0.3) is 0 Å². The summed E-state index contributed by atoms with van der Waals surface area (Å²) >= 11 is 0. The molecule has 1 fully saturated rings. The number of benzene rings is 1. The van der Waals surface area contributed by atoms with E-state index in [2.05, 4.69) is 21.8 Å². The molecule has 1 aliphatic rings. The summed E-state index contributed by atoms with van der Waals surface area (Å²) in [5.41, 5.74) is 2.29. The second-order valence-electron chi connectivity index (χ2n) is 5.25. The molecule has 0 radical (unpaired) electrons. The van der Waals surface area contributed by atoms with Crippen molar-refractivity contribution in [1.29, 1.82) is 0 Å².